The van der Waals surface area contributed by atoms with Gasteiger partial charge in [0.15, 0.2) is 0 Å². The van der Waals surface area contributed by atoms with Gasteiger partial charge >= 0.3 is 0 Å². The number of aryl methyl sites for hydroxylation is 2. The van der Waals surface area contributed by atoms with Gasteiger partial charge in [-0.2, -0.15) is 5.26 Å². The van der Waals surface area contributed by atoms with Crippen LogP contribution in [0, 0.1) is 30.1 Å². The second kappa shape index (κ2) is 11.4. The highest BCUT2D eigenvalue weighted by Gasteiger charge is 2.32. The number of nitriles is 1. The van der Waals surface area contributed by atoms with Crippen LogP contribution in [0.25, 0.3) is 0 Å². The molecule has 0 aromatic heterocycles. The van der Waals surface area contributed by atoms with Crippen LogP contribution in [0.2, 0.25) is 5.02 Å². The lowest BCUT2D eigenvalue weighted by Gasteiger charge is -2.25. The Bertz CT molecular complexity index is 1170. The molecule has 0 N–H and O–H groups in total. The van der Waals surface area contributed by atoms with E-state index in [1.54, 1.807) is 0 Å². The zero-order valence-electron chi connectivity index (χ0n) is 19.7. The topological polar surface area (TPSA) is 44.1 Å². The summed E-state index contributed by atoms with van der Waals surface area (Å²) < 4.78 is 0. The van der Waals surface area contributed by atoms with Crippen LogP contribution in [0.3, 0.4) is 0 Å². The zero-order chi connectivity index (χ0) is 23.9. The van der Waals surface area contributed by atoms with Crippen molar-refractivity contribution in [3.05, 3.63) is 106 Å². The van der Waals surface area contributed by atoms with E-state index in [0.29, 0.717) is 28.8 Å². The molecule has 2 unspecified atom stereocenters. The first-order chi connectivity index (χ1) is 16.5. The van der Waals surface area contributed by atoms with Crippen molar-refractivity contribution in [2.75, 3.05) is 13.1 Å². The van der Waals surface area contributed by atoms with Gasteiger partial charge in [-0.1, -0.05) is 72.3 Å². The van der Waals surface area contributed by atoms with Gasteiger partial charge in [-0.25, -0.2) is 0 Å². The molecule has 0 aliphatic carbocycles. The van der Waals surface area contributed by atoms with Gasteiger partial charge in [-0.15, -0.1) is 0 Å². The molecule has 4 rings (SSSR count). The molecule has 0 spiro atoms. The van der Waals surface area contributed by atoms with Crippen molar-refractivity contribution in [3.63, 3.8) is 0 Å². The first-order valence-electron chi connectivity index (χ1n) is 12.1. The number of carbonyl (C=O) groups is 1. The standard InChI is InChI=1S/C30H31ClN2O/c1-22-7-5-6-10-25(22)19-26(13-11-24-12-14-27(20-32)29(31)17-24)28-15-16-33(21-28)30(34)18-23-8-3-2-4-9-23/h2-10,12,14,17,26,28H,11,13,15-16,18-19,21H2,1H3. The van der Waals surface area contributed by atoms with Crippen molar-refractivity contribution in [1.82, 2.24) is 4.90 Å². The Kier molecular flexibility index (Phi) is 8.03. The van der Waals surface area contributed by atoms with Gasteiger partial charge in [-0.05, 0) is 78.8 Å². The van der Waals surface area contributed by atoms with E-state index in [0.717, 1.165) is 49.9 Å². The molecule has 0 saturated carbocycles. The average Bonchev–Trinajstić information content (AvgIpc) is 3.34. The van der Waals surface area contributed by atoms with E-state index in [-0.39, 0.29) is 5.91 Å². The number of rotatable bonds is 8. The molecule has 1 amide bonds. The highest BCUT2D eigenvalue weighted by Crippen LogP contribution is 2.32. The Morgan fingerprint density at radius 2 is 1.85 bits per heavy atom. The summed E-state index contributed by atoms with van der Waals surface area (Å²) in [6.45, 7) is 3.84. The lowest BCUT2D eigenvalue weighted by molar-refractivity contribution is -0.129. The van der Waals surface area contributed by atoms with Crippen LogP contribution in [-0.4, -0.2) is 23.9 Å². The molecule has 0 bridgehead atoms. The Labute approximate surface area is 208 Å². The molecule has 2 atom stereocenters. The molecule has 34 heavy (non-hydrogen) atoms. The molecule has 1 fully saturated rings. The number of amides is 1. The summed E-state index contributed by atoms with van der Waals surface area (Å²) in [5.74, 6) is 1.18. The second-order valence-electron chi connectivity index (χ2n) is 9.41. The van der Waals surface area contributed by atoms with Crippen LogP contribution >= 0.6 is 11.6 Å². The first-order valence-corrected chi connectivity index (χ1v) is 12.5. The summed E-state index contributed by atoms with van der Waals surface area (Å²) in [4.78, 5) is 15.0. The number of halogens is 1. The van der Waals surface area contributed by atoms with Crippen molar-refractivity contribution < 1.29 is 4.79 Å². The molecule has 3 aromatic rings. The Morgan fingerprint density at radius 1 is 1.09 bits per heavy atom. The van der Waals surface area contributed by atoms with Crippen LogP contribution < -0.4 is 0 Å². The van der Waals surface area contributed by atoms with Crippen LogP contribution in [0.1, 0.15) is 40.7 Å². The van der Waals surface area contributed by atoms with Gasteiger partial charge in [0.05, 0.1) is 17.0 Å². The fourth-order valence-electron chi connectivity index (χ4n) is 5.06. The van der Waals surface area contributed by atoms with E-state index >= 15 is 0 Å². The molecular formula is C30H31ClN2O. The van der Waals surface area contributed by atoms with Crippen LogP contribution in [0.5, 0.6) is 0 Å². The van der Waals surface area contributed by atoms with Gasteiger partial charge in [-0.3, -0.25) is 4.79 Å². The van der Waals surface area contributed by atoms with Crippen LogP contribution in [0.15, 0.2) is 72.8 Å². The van der Waals surface area contributed by atoms with E-state index in [1.807, 2.05) is 48.5 Å². The van der Waals surface area contributed by atoms with E-state index in [4.69, 9.17) is 16.9 Å². The van der Waals surface area contributed by atoms with Gasteiger partial charge in [0, 0.05) is 13.1 Å². The summed E-state index contributed by atoms with van der Waals surface area (Å²) in [5, 5.41) is 9.68. The molecule has 0 radical (unpaired) electrons. The summed E-state index contributed by atoms with van der Waals surface area (Å²) in [6.07, 6.45) is 4.48. The predicted octanol–water partition coefficient (Wildman–Crippen LogP) is 6.40. The van der Waals surface area contributed by atoms with Crippen molar-refractivity contribution in [1.29, 1.82) is 5.26 Å². The number of likely N-dealkylation sites (tertiary alicyclic amines) is 1. The van der Waals surface area contributed by atoms with Crippen molar-refractivity contribution in [2.45, 2.75) is 39.0 Å². The van der Waals surface area contributed by atoms with Crippen molar-refractivity contribution in [3.8, 4) is 6.07 Å². The molecule has 1 aliphatic heterocycles. The molecule has 3 aromatic carbocycles. The number of hydrogen-bond donors (Lipinski definition) is 0. The lowest BCUT2D eigenvalue weighted by atomic mass is 9.81. The van der Waals surface area contributed by atoms with E-state index < -0.39 is 0 Å². The van der Waals surface area contributed by atoms with E-state index in [1.165, 1.54) is 11.1 Å². The normalized spacial score (nSPS) is 16.3. The number of nitrogens with zero attached hydrogens (tertiary/aromatic N) is 2. The monoisotopic (exact) mass is 470 g/mol. The maximum Gasteiger partial charge on any atom is 0.226 e. The third kappa shape index (κ3) is 6.07. The van der Waals surface area contributed by atoms with Gasteiger partial charge in [0.2, 0.25) is 5.91 Å². The first kappa shape index (κ1) is 24.0. The minimum absolute atomic E-state index is 0.224. The third-order valence-corrected chi connectivity index (χ3v) is 7.46. The summed E-state index contributed by atoms with van der Waals surface area (Å²) in [6, 6.07) is 26.5. The lowest BCUT2D eigenvalue weighted by Crippen LogP contribution is -2.31. The summed E-state index contributed by atoms with van der Waals surface area (Å²) in [7, 11) is 0. The molecular weight excluding hydrogens is 440 g/mol. The maximum absolute atomic E-state index is 13.0. The minimum atomic E-state index is 0.224. The Morgan fingerprint density at radius 3 is 2.59 bits per heavy atom. The van der Waals surface area contributed by atoms with Crippen LogP contribution in [-0.2, 0) is 24.1 Å². The quantitative estimate of drug-likeness (QED) is 0.382. The van der Waals surface area contributed by atoms with E-state index in [2.05, 4.69) is 42.2 Å². The minimum Gasteiger partial charge on any atom is -0.342 e. The Hall–Kier alpha value is -3.09. The predicted molar refractivity (Wildman–Crippen MR) is 138 cm³/mol. The maximum atomic E-state index is 13.0. The van der Waals surface area contributed by atoms with Crippen molar-refractivity contribution >= 4 is 17.5 Å². The number of hydrogen-bond acceptors (Lipinski definition) is 2. The zero-order valence-corrected chi connectivity index (χ0v) is 20.5. The number of benzene rings is 3. The smallest absolute Gasteiger partial charge is 0.226 e. The highest BCUT2D eigenvalue weighted by molar-refractivity contribution is 6.31. The third-order valence-electron chi connectivity index (χ3n) is 7.14. The highest BCUT2D eigenvalue weighted by atomic mass is 35.5. The summed E-state index contributed by atoms with van der Waals surface area (Å²) >= 11 is 6.28. The average molecular weight is 471 g/mol. The fraction of sp³-hybridized carbons (Fsp3) is 0.333. The van der Waals surface area contributed by atoms with Crippen LogP contribution in [0.4, 0.5) is 0 Å². The van der Waals surface area contributed by atoms with Gasteiger partial charge < -0.3 is 4.90 Å². The summed E-state index contributed by atoms with van der Waals surface area (Å²) in [5.41, 5.74) is 5.47. The largest absolute Gasteiger partial charge is 0.342 e. The molecule has 1 aliphatic rings. The van der Waals surface area contributed by atoms with Crippen molar-refractivity contribution in [2.24, 2.45) is 11.8 Å². The molecule has 4 heteroatoms. The molecule has 1 heterocycles. The molecule has 3 nitrogen and oxygen atoms in total. The second-order valence-corrected chi connectivity index (χ2v) is 9.81. The molecule has 1 saturated heterocycles. The molecule has 174 valence electrons. The fourth-order valence-corrected chi connectivity index (χ4v) is 5.31. The SMILES string of the molecule is Cc1ccccc1CC(CCc1ccc(C#N)c(Cl)c1)C1CCN(C(=O)Cc2ccccc2)C1. The number of carbonyl (C=O) groups excluding carboxylic acids is 1. The van der Waals surface area contributed by atoms with E-state index in [9.17, 15) is 4.79 Å². The van der Waals surface area contributed by atoms with Gasteiger partial charge in [0.1, 0.15) is 6.07 Å². The van der Waals surface area contributed by atoms with Gasteiger partial charge in [0.25, 0.3) is 0 Å². The Balaban J connectivity index is 1.45.